The number of rotatable bonds is 6. The molecule has 21 heavy (non-hydrogen) atoms. The molecular formula is C15H18N2O3S. The second kappa shape index (κ2) is 7.17. The monoisotopic (exact) mass is 306 g/mol. The van der Waals surface area contributed by atoms with Crippen LogP contribution in [0.5, 0.6) is 0 Å². The van der Waals surface area contributed by atoms with Gasteiger partial charge in [0.25, 0.3) is 0 Å². The van der Waals surface area contributed by atoms with Crippen molar-refractivity contribution in [2.24, 2.45) is 0 Å². The summed E-state index contributed by atoms with van der Waals surface area (Å²) in [6.07, 6.45) is 1.82. The molecule has 0 spiro atoms. The Kier molecular flexibility index (Phi) is 5.27. The molecule has 0 fully saturated rings. The highest BCUT2D eigenvalue weighted by Gasteiger charge is 2.36. The quantitative estimate of drug-likeness (QED) is 0.625. The number of amides is 2. The molecule has 1 unspecified atom stereocenters. The summed E-state index contributed by atoms with van der Waals surface area (Å²) < 4.78 is 0. The predicted molar refractivity (Wildman–Crippen MR) is 85.1 cm³/mol. The minimum atomic E-state index is -0.903. The van der Waals surface area contributed by atoms with E-state index in [-0.39, 0.29) is 12.6 Å². The summed E-state index contributed by atoms with van der Waals surface area (Å²) >= 11 is 1.68. The smallest absolute Gasteiger partial charge is 0.321 e. The number of benzene rings is 1. The molecule has 1 aliphatic rings. The van der Waals surface area contributed by atoms with E-state index in [0.717, 1.165) is 11.5 Å². The number of urea groups is 1. The number of aliphatic carboxylic acids is 1. The van der Waals surface area contributed by atoms with E-state index in [0.29, 0.717) is 17.8 Å². The van der Waals surface area contributed by atoms with Crippen LogP contribution in [0, 0.1) is 0 Å². The highest BCUT2D eigenvalue weighted by Crippen LogP contribution is 2.36. The van der Waals surface area contributed by atoms with E-state index >= 15 is 0 Å². The first-order valence-electron chi connectivity index (χ1n) is 6.71. The number of hydrogen-bond donors (Lipinski definition) is 2. The molecular weight excluding hydrogens is 288 g/mol. The van der Waals surface area contributed by atoms with E-state index in [4.69, 9.17) is 0 Å². The van der Waals surface area contributed by atoms with Crippen molar-refractivity contribution in [2.45, 2.75) is 5.92 Å². The summed E-state index contributed by atoms with van der Waals surface area (Å²) in [6, 6.07) is 6.90. The number of carboxylic acid groups (broad SMARTS) is 1. The number of anilines is 1. The molecule has 1 heterocycles. The number of para-hydroxylation sites is 1. The van der Waals surface area contributed by atoms with Gasteiger partial charge in [-0.3, -0.25) is 9.69 Å². The Balaban J connectivity index is 1.99. The van der Waals surface area contributed by atoms with Gasteiger partial charge in [-0.2, -0.15) is 11.8 Å². The lowest BCUT2D eigenvalue weighted by Crippen LogP contribution is -2.40. The number of fused-ring (bicyclic) bond motifs is 1. The molecule has 5 nitrogen and oxygen atoms in total. The highest BCUT2D eigenvalue weighted by molar-refractivity contribution is 7.99. The topological polar surface area (TPSA) is 69.6 Å². The van der Waals surface area contributed by atoms with E-state index in [1.54, 1.807) is 30.0 Å². The van der Waals surface area contributed by atoms with Crippen LogP contribution in [0.15, 0.2) is 36.9 Å². The lowest BCUT2D eigenvalue weighted by Gasteiger charge is -2.18. The van der Waals surface area contributed by atoms with Crippen molar-refractivity contribution in [3.05, 3.63) is 42.5 Å². The van der Waals surface area contributed by atoms with Crippen LogP contribution in [0.25, 0.3) is 0 Å². The molecule has 2 rings (SSSR count). The highest BCUT2D eigenvalue weighted by atomic mass is 32.2. The Morgan fingerprint density at radius 2 is 2.24 bits per heavy atom. The van der Waals surface area contributed by atoms with Crippen LogP contribution in [0.3, 0.4) is 0 Å². The first-order chi connectivity index (χ1) is 10.1. The Morgan fingerprint density at radius 1 is 1.48 bits per heavy atom. The summed E-state index contributed by atoms with van der Waals surface area (Å²) in [5.74, 6) is 0.0976. The van der Waals surface area contributed by atoms with Crippen molar-refractivity contribution >= 4 is 29.4 Å². The molecule has 1 aliphatic heterocycles. The fourth-order valence-corrected chi connectivity index (χ4v) is 2.88. The van der Waals surface area contributed by atoms with Gasteiger partial charge in [-0.05, 0) is 11.6 Å². The maximum atomic E-state index is 12.2. The third kappa shape index (κ3) is 3.58. The summed E-state index contributed by atoms with van der Waals surface area (Å²) in [5, 5.41) is 12.1. The molecule has 0 saturated carbocycles. The van der Waals surface area contributed by atoms with Crippen LogP contribution < -0.4 is 10.2 Å². The maximum Gasteiger partial charge on any atom is 0.321 e. The van der Waals surface area contributed by atoms with Crippen molar-refractivity contribution in [2.75, 3.05) is 29.5 Å². The Bertz CT molecular complexity index is 547. The van der Waals surface area contributed by atoms with Gasteiger partial charge in [0.2, 0.25) is 0 Å². The van der Waals surface area contributed by atoms with Gasteiger partial charge in [0.05, 0.1) is 0 Å². The van der Waals surface area contributed by atoms with Crippen molar-refractivity contribution in [1.82, 2.24) is 5.32 Å². The normalized spacial score (nSPS) is 16.4. The zero-order valence-corrected chi connectivity index (χ0v) is 12.4. The number of nitrogens with one attached hydrogen (secondary N) is 1. The fraction of sp³-hybridized carbons (Fsp3) is 0.333. The zero-order chi connectivity index (χ0) is 15.2. The van der Waals surface area contributed by atoms with Gasteiger partial charge in [0, 0.05) is 30.3 Å². The molecule has 0 saturated heterocycles. The average molecular weight is 306 g/mol. The molecule has 1 aromatic carbocycles. The van der Waals surface area contributed by atoms with Crippen LogP contribution in [0.2, 0.25) is 0 Å². The summed E-state index contributed by atoms with van der Waals surface area (Å²) in [5.41, 5.74) is 1.38. The predicted octanol–water partition coefficient (Wildman–Crippen LogP) is 2.30. The second-order valence-corrected chi connectivity index (χ2v) is 5.81. The van der Waals surface area contributed by atoms with E-state index in [1.807, 2.05) is 12.1 Å². The molecule has 0 aliphatic carbocycles. The van der Waals surface area contributed by atoms with Crippen LogP contribution in [-0.4, -0.2) is 41.7 Å². The van der Waals surface area contributed by atoms with Crippen molar-refractivity contribution in [1.29, 1.82) is 0 Å². The zero-order valence-electron chi connectivity index (χ0n) is 11.6. The Labute approximate surface area is 128 Å². The fourth-order valence-electron chi connectivity index (χ4n) is 2.30. The average Bonchev–Trinajstić information content (AvgIpc) is 2.87. The van der Waals surface area contributed by atoms with Gasteiger partial charge in [0.15, 0.2) is 0 Å². The third-order valence-electron chi connectivity index (χ3n) is 3.27. The maximum absolute atomic E-state index is 12.2. The standard InChI is InChI=1S/C15H18N2O3S/c1-2-8-21-9-7-16-15(20)17-10-12(14(18)19)11-5-3-4-6-13(11)17/h2-6,12H,1,7-10H2,(H,16,20)(H,18,19). The van der Waals surface area contributed by atoms with Gasteiger partial charge in [-0.1, -0.05) is 24.3 Å². The van der Waals surface area contributed by atoms with Crippen LogP contribution in [0.4, 0.5) is 10.5 Å². The van der Waals surface area contributed by atoms with Gasteiger partial charge in [-0.25, -0.2) is 4.79 Å². The largest absolute Gasteiger partial charge is 0.481 e. The van der Waals surface area contributed by atoms with Crippen molar-refractivity contribution in [3.8, 4) is 0 Å². The molecule has 0 bridgehead atoms. The number of hydrogen-bond acceptors (Lipinski definition) is 3. The number of carboxylic acids is 1. The van der Waals surface area contributed by atoms with Crippen molar-refractivity contribution in [3.63, 3.8) is 0 Å². The minimum absolute atomic E-state index is 0.181. The lowest BCUT2D eigenvalue weighted by molar-refractivity contribution is -0.138. The number of thioether (sulfide) groups is 1. The molecule has 0 aromatic heterocycles. The Hall–Kier alpha value is -1.95. The molecule has 0 radical (unpaired) electrons. The van der Waals surface area contributed by atoms with E-state index < -0.39 is 11.9 Å². The SMILES string of the molecule is C=CCSCCNC(=O)N1CC(C(=O)O)c2ccccc21. The van der Waals surface area contributed by atoms with Gasteiger partial charge >= 0.3 is 12.0 Å². The van der Waals surface area contributed by atoms with Crippen LogP contribution in [0.1, 0.15) is 11.5 Å². The molecule has 112 valence electrons. The summed E-state index contributed by atoms with van der Waals surface area (Å²) in [6.45, 7) is 4.36. The Morgan fingerprint density at radius 3 is 2.95 bits per heavy atom. The van der Waals surface area contributed by atoms with Crippen LogP contribution in [-0.2, 0) is 4.79 Å². The van der Waals surface area contributed by atoms with Gasteiger partial charge in [0.1, 0.15) is 5.92 Å². The third-order valence-corrected chi connectivity index (χ3v) is 4.23. The van der Waals surface area contributed by atoms with Crippen molar-refractivity contribution < 1.29 is 14.7 Å². The molecule has 1 aromatic rings. The van der Waals surface area contributed by atoms with E-state index in [2.05, 4.69) is 11.9 Å². The first kappa shape index (κ1) is 15.4. The lowest BCUT2D eigenvalue weighted by atomic mass is 10.0. The molecule has 2 N–H and O–H groups in total. The molecule has 1 atom stereocenters. The summed E-state index contributed by atoms with van der Waals surface area (Å²) in [4.78, 5) is 25.0. The summed E-state index contributed by atoms with van der Waals surface area (Å²) in [7, 11) is 0. The minimum Gasteiger partial charge on any atom is -0.481 e. The number of carbonyl (C=O) groups is 2. The van der Waals surface area contributed by atoms with Crippen LogP contribution >= 0.6 is 11.8 Å². The number of nitrogens with zero attached hydrogens (tertiary/aromatic N) is 1. The first-order valence-corrected chi connectivity index (χ1v) is 7.86. The van der Waals surface area contributed by atoms with Gasteiger partial charge < -0.3 is 10.4 Å². The van der Waals surface area contributed by atoms with E-state index in [9.17, 15) is 14.7 Å². The van der Waals surface area contributed by atoms with E-state index in [1.165, 1.54) is 4.90 Å². The molecule has 6 heteroatoms. The second-order valence-electron chi connectivity index (χ2n) is 4.66. The number of carbonyl (C=O) groups excluding carboxylic acids is 1. The van der Waals surface area contributed by atoms with Gasteiger partial charge in [-0.15, -0.1) is 6.58 Å². The molecule has 2 amide bonds.